The van der Waals surface area contributed by atoms with Gasteiger partial charge >= 0.3 is 0 Å². The summed E-state index contributed by atoms with van der Waals surface area (Å²) in [6, 6.07) is 29.5. The molecule has 4 aromatic carbocycles. The Morgan fingerprint density at radius 3 is 2.06 bits per heavy atom. The Kier molecular flexibility index (Phi) is 12.6. The maximum absolute atomic E-state index is 14.6. The third-order valence-electron chi connectivity index (χ3n) is 8.10. The van der Waals surface area contributed by atoms with Crippen molar-refractivity contribution in [1.82, 2.24) is 10.2 Å². The second-order valence-corrected chi connectivity index (χ2v) is 14.4. The number of nitrogens with zero attached hydrogens (tertiary/aromatic N) is 2. The van der Waals surface area contributed by atoms with E-state index < -0.39 is 28.5 Å². The van der Waals surface area contributed by atoms with Crippen molar-refractivity contribution in [3.8, 4) is 0 Å². The third-order valence-corrected chi connectivity index (χ3v) is 10.1. The molecule has 7 nitrogen and oxygen atoms in total. The summed E-state index contributed by atoms with van der Waals surface area (Å²) in [4.78, 5) is 30.0. The van der Waals surface area contributed by atoms with Gasteiger partial charge in [0.1, 0.15) is 12.6 Å². The minimum Gasteiger partial charge on any atom is -0.354 e. The Morgan fingerprint density at radius 2 is 1.47 bits per heavy atom. The largest absolute Gasteiger partial charge is 0.354 e. The Balaban J connectivity index is 1.79. The standard InChI is InChI=1S/C38H44ClN3O4S/c1-5-6-24-40-38(44)36(25-30-10-8-7-9-11-30)41(26-31-14-18-33(39)19-15-31)37(43)27-42(34-20-16-32(17-21-34)28(2)3)47(45,46)35-22-12-29(4)13-23-35/h7-23,28,36H,5-6,24-27H2,1-4H3,(H,40,44)/t36-/m0/s1. The molecule has 0 unspecified atom stereocenters. The number of halogens is 1. The molecule has 0 saturated carbocycles. The van der Waals surface area contributed by atoms with E-state index in [2.05, 4.69) is 19.2 Å². The number of carbonyl (C=O) groups is 2. The fourth-order valence-corrected chi connectivity index (χ4v) is 6.78. The molecule has 9 heteroatoms. The van der Waals surface area contributed by atoms with Gasteiger partial charge in [-0.2, -0.15) is 0 Å². The van der Waals surface area contributed by atoms with Gasteiger partial charge in [0.25, 0.3) is 10.0 Å². The Hall–Kier alpha value is -4.14. The fraction of sp³-hybridized carbons (Fsp3) is 0.316. The van der Waals surface area contributed by atoms with Gasteiger partial charge in [-0.1, -0.05) is 111 Å². The van der Waals surface area contributed by atoms with Crippen molar-refractivity contribution in [2.45, 2.75) is 70.4 Å². The van der Waals surface area contributed by atoms with E-state index in [1.165, 1.54) is 4.90 Å². The van der Waals surface area contributed by atoms with Crippen LogP contribution in [0.3, 0.4) is 0 Å². The highest BCUT2D eigenvalue weighted by Crippen LogP contribution is 2.27. The average Bonchev–Trinajstić information content (AvgIpc) is 3.06. The minimum atomic E-state index is -4.17. The fourth-order valence-electron chi connectivity index (χ4n) is 5.24. The number of anilines is 1. The summed E-state index contributed by atoms with van der Waals surface area (Å²) in [6.07, 6.45) is 1.95. The Bertz CT molecular complexity index is 1710. The van der Waals surface area contributed by atoms with Crippen LogP contribution in [0.15, 0.2) is 108 Å². The summed E-state index contributed by atoms with van der Waals surface area (Å²) in [5.41, 5.74) is 3.97. The molecule has 0 radical (unpaired) electrons. The first-order chi connectivity index (χ1) is 22.5. The number of sulfonamides is 1. The van der Waals surface area contributed by atoms with Crippen LogP contribution in [0.2, 0.25) is 5.02 Å². The molecule has 4 rings (SSSR count). The van der Waals surface area contributed by atoms with Crippen LogP contribution in [0.4, 0.5) is 5.69 Å². The van der Waals surface area contributed by atoms with Crippen molar-refractivity contribution < 1.29 is 18.0 Å². The van der Waals surface area contributed by atoms with Crippen molar-refractivity contribution >= 4 is 39.1 Å². The topological polar surface area (TPSA) is 86.8 Å². The summed E-state index contributed by atoms with van der Waals surface area (Å²) in [5.74, 6) is -0.554. The first-order valence-corrected chi connectivity index (χ1v) is 17.9. The second kappa shape index (κ2) is 16.6. The highest BCUT2D eigenvalue weighted by Gasteiger charge is 2.34. The van der Waals surface area contributed by atoms with Gasteiger partial charge in [-0.3, -0.25) is 13.9 Å². The van der Waals surface area contributed by atoms with Gasteiger partial charge < -0.3 is 10.2 Å². The lowest BCUT2D eigenvalue weighted by atomic mass is 10.0. The molecule has 0 aromatic heterocycles. The van der Waals surface area contributed by atoms with Crippen LogP contribution in [0.1, 0.15) is 61.8 Å². The van der Waals surface area contributed by atoms with E-state index in [0.717, 1.165) is 39.4 Å². The van der Waals surface area contributed by atoms with Gasteiger partial charge in [-0.15, -0.1) is 0 Å². The monoisotopic (exact) mass is 673 g/mol. The van der Waals surface area contributed by atoms with Gasteiger partial charge in [0, 0.05) is 24.5 Å². The number of unbranched alkanes of at least 4 members (excludes halogenated alkanes) is 1. The van der Waals surface area contributed by atoms with Gasteiger partial charge in [0.15, 0.2) is 0 Å². The Morgan fingerprint density at radius 1 is 0.830 bits per heavy atom. The highest BCUT2D eigenvalue weighted by atomic mass is 35.5. The van der Waals surface area contributed by atoms with Crippen LogP contribution >= 0.6 is 11.6 Å². The predicted molar refractivity (Wildman–Crippen MR) is 190 cm³/mol. The molecular weight excluding hydrogens is 630 g/mol. The zero-order chi connectivity index (χ0) is 34.0. The van der Waals surface area contributed by atoms with E-state index in [0.29, 0.717) is 17.3 Å². The van der Waals surface area contributed by atoms with Gasteiger partial charge in [0.2, 0.25) is 11.8 Å². The summed E-state index contributed by atoms with van der Waals surface area (Å²) in [7, 11) is -4.17. The van der Waals surface area contributed by atoms with E-state index in [9.17, 15) is 18.0 Å². The number of rotatable bonds is 15. The van der Waals surface area contributed by atoms with Gasteiger partial charge in [0.05, 0.1) is 10.6 Å². The number of hydrogen-bond acceptors (Lipinski definition) is 4. The molecule has 0 fully saturated rings. The molecule has 0 aliphatic carbocycles. The molecule has 47 heavy (non-hydrogen) atoms. The predicted octanol–water partition coefficient (Wildman–Crippen LogP) is 7.52. The van der Waals surface area contributed by atoms with E-state index in [1.54, 1.807) is 48.5 Å². The van der Waals surface area contributed by atoms with Crippen molar-refractivity contribution in [3.63, 3.8) is 0 Å². The van der Waals surface area contributed by atoms with E-state index in [4.69, 9.17) is 11.6 Å². The van der Waals surface area contributed by atoms with Crippen molar-refractivity contribution in [3.05, 3.63) is 130 Å². The lowest BCUT2D eigenvalue weighted by Gasteiger charge is -2.34. The molecule has 2 amide bonds. The molecule has 0 spiro atoms. The van der Waals surface area contributed by atoms with Crippen molar-refractivity contribution in [2.75, 3.05) is 17.4 Å². The molecule has 0 aliphatic heterocycles. The molecule has 1 N–H and O–H groups in total. The van der Waals surface area contributed by atoms with E-state index in [-0.39, 0.29) is 29.7 Å². The SMILES string of the molecule is CCCCNC(=O)[C@H](Cc1ccccc1)N(Cc1ccc(Cl)cc1)C(=O)CN(c1ccc(C(C)C)cc1)S(=O)(=O)c1ccc(C)cc1. The van der Waals surface area contributed by atoms with Crippen LogP contribution in [-0.4, -0.2) is 44.3 Å². The molecule has 1 atom stereocenters. The number of amides is 2. The zero-order valence-corrected chi connectivity index (χ0v) is 29.1. The Labute approximate surface area is 284 Å². The zero-order valence-electron chi connectivity index (χ0n) is 27.5. The maximum atomic E-state index is 14.6. The number of carbonyl (C=O) groups excluding carboxylic acids is 2. The average molecular weight is 674 g/mol. The third kappa shape index (κ3) is 9.69. The summed E-state index contributed by atoms with van der Waals surface area (Å²) >= 11 is 6.17. The molecule has 0 heterocycles. The van der Waals surface area contributed by atoms with Gasteiger partial charge in [-0.25, -0.2) is 8.42 Å². The molecular formula is C38H44ClN3O4S. The number of aryl methyl sites for hydroxylation is 1. The van der Waals surface area contributed by atoms with Crippen LogP contribution in [0.25, 0.3) is 0 Å². The normalized spacial score (nSPS) is 12.0. The first kappa shape index (κ1) is 35.7. The number of benzene rings is 4. The van der Waals surface area contributed by atoms with Crippen molar-refractivity contribution in [1.29, 1.82) is 0 Å². The lowest BCUT2D eigenvalue weighted by Crippen LogP contribution is -2.53. The summed E-state index contributed by atoms with van der Waals surface area (Å²) in [6.45, 7) is 8.10. The van der Waals surface area contributed by atoms with Crippen LogP contribution in [0.5, 0.6) is 0 Å². The number of hydrogen-bond donors (Lipinski definition) is 1. The van der Waals surface area contributed by atoms with E-state index >= 15 is 0 Å². The van der Waals surface area contributed by atoms with Crippen LogP contribution in [0, 0.1) is 6.92 Å². The van der Waals surface area contributed by atoms with Crippen LogP contribution in [-0.2, 0) is 32.6 Å². The molecule has 0 bridgehead atoms. The van der Waals surface area contributed by atoms with Gasteiger partial charge in [-0.05, 0) is 72.4 Å². The minimum absolute atomic E-state index is 0.0752. The molecule has 4 aromatic rings. The molecule has 0 aliphatic rings. The molecule has 248 valence electrons. The van der Waals surface area contributed by atoms with E-state index in [1.807, 2.05) is 68.4 Å². The maximum Gasteiger partial charge on any atom is 0.264 e. The van der Waals surface area contributed by atoms with Crippen LogP contribution < -0.4 is 9.62 Å². The number of nitrogens with one attached hydrogen (secondary N) is 1. The summed E-state index contributed by atoms with van der Waals surface area (Å²) < 4.78 is 29.6. The highest BCUT2D eigenvalue weighted by molar-refractivity contribution is 7.92. The lowest BCUT2D eigenvalue weighted by molar-refractivity contribution is -0.140. The quantitative estimate of drug-likeness (QED) is 0.132. The molecule has 0 saturated heterocycles. The summed E-state index contributed by atoms with van der Waals surface area (Å²) in [5, 5.41) is 3.56. The second-order valence-electron chi connectivity index (χ2n) is 12.1. The van der Waals surface area contributed by atoms with Crippen molar-refractivity contribution in [2.24, 2.45) is 0 Å². The smallest absolute Gasteiger partial charge is 0.264 e. The first-order valence-electron chi connectivity index (χ1n) is 16.0.